The van der Waals surface area contributed by atoms with E-state index >= 15 is 0 Å². The number of ether oxygens (including phenoxy) is 1. The molecule has 6 nitrogen and oxygen atoms in total. The lowest BCUT2D eigenvalue weighted by Gasteiger charge is -2.31. The maximum absolute atomic E-state index is 13.0. The van der Waals surface area contributed by atoms with Gasteiger partial charge in [0.2, 0.25) is 0 Å². The number of piperidine rings is 1. The largest absolute Gasteiger partial charge is 0.490 e. The number of hydrogen-bond acceptors (Lipinski definition) is 4. The zero-order valence-electron chi connectivity index (χ0n) is 16.8. The zero-order valence-corrected chi connectivity index (χ0v) is 16.8. The summed E-state index contributed by atoms with van der Waals surface area (Å²) in [5, 5.41) is 8.26. The third-order valence-corrected chi connectivity index (χ3v) is 6.09. The van der Waals surface area contributed by atoms with Crippen LogP contribution in [-0.2, 0) is 6.54 Å². The minimum absolute atomic E-state index is 0.0377. The van der Waals surface area contributed by atoms with Crippen molar-refractivity contribution in [3.05, 3.63) is 42.0 Å². The molecule has 29 heavy (non-hydrogen) atoms. The molecule has 2 aliphatic rings. The van der Waals surface area contributed by atoms with Gasteiger partial charge in [0.25, 0.3) is 5.91 Å². The number of halogens is 1. The topological polar surface area (TPSA) is 60.2 Å². The lowest BCUT2D eigenvalue weighted by atomic mass is 9.87. The van der Waals surface area contributed by atoms with E-state index in [0.29, 0.717) is 24.5 Å². The SMILES string of the molecule is O=C(c1cn(CCC2CCCCC2)nn1)N1CCC(Oc2ccc(F)cc2)CC1. The summed E-state index contributed by atoms with van der Waals surface area (Å²) in [6.07, 6.45) is 11.1. The number of carbonyl (C=O) groups is 1. The number of aromatic nitrogens is 3. The molecular formula is C22H29FN4O2. The van der Waals surface area contributed by atoms with Crippen LogP contribution in [0.1, 0.15) is 61.9 Å². The number of carbonyl (C=O) groups excluding carboxylic acids is 1. The summed E-state index contributed by atoms with van der Waals surface area (Å²) < 4.78 is 20.7. The van der Waals surface area contributed by atoms with Crippen molar-refractivity contribution in [1.82, 2.24) is 19.9 Å². The summed E-state index contributed by atoms with van der Waals surface area (Å²) in [4.78, 5) is 14.6. The molecule has 156 valence electrons. The van der Waals surface area contributed by atoms with Gasteiger partial charge in [-0.15, -0.1) is 5.10 Å². The van der Waals surface area contributed by atoms with Crippen LogP contribution in [0.3, 0.4) is 0 Å². The van der Waals surface area contributed by atoms with E-state index in [1.807, 2.05) is 9.58 Å². The van der Waals surface area contributed by atoms with E-state index in [2.05, 4.69) is 10.3 Å². The fraction of sp³-hybridized carbons (Fsp3) is 0.591. The highest BCUT2D eigenvalue weighted by Crippen LogP contribution is 2.26. The van der Waals surface area contributed by atoms with Crippen molar-refractivity contribution in [2.75, 3.05) is 13.1 Å². The van der Waals surface area contributed by atoms with E-state index < -0.39 is 0 Å². The van der Waals surface area contributed by atoms with Gasteiger partial charge in [-0.05, 0) is 36.6 Å². The monoisotopic (exact) mass is 400 g/mol. The van der Waals surface area contributed by atoms with Crippen LogP contribution < -0.4 is 4.74 Å². The van der Waals surface area contributed by atoms with Crippen LogP contribution in [0, 0.1) is 11.7 Å². The summed E-state index contributed by atoms with van der Waals surface area (Å²) >= 11 is 0. The Labute approximate surface area is 171 Å². The number of benzene rings is 1. The van der Waals surface area contributed by atoms with Crippen LogP contribution in [0.25, 0.3) is 0 Å². The molecule has 1 aromatic carbocycles. The van der Waals surface area contributed by atoms with E-state index in [1.165, 1.54) is 44.2 Å². The second-order valence-electron chi connectivity index (χ2n) is 8.22. The average molecular weight is 400 g/mol. The lowest BCUT2D eigenvalue weighted by Crippen LogP contribution is -2.41. The molecule has 1 aromatic heterocycles. The lowest BCUT2D eigenvalue weighted by molar-refractivity contribution is 0.0590. The molecule has 1 saturated carbocycles. The Hall–Kier alpha value is -2.44. The number of aryl methyl sites for hydroxylation is 1. The first kappa shape index (κ1) is 19.9. The molecule has 1 saturated heterocycles. The van der Waals surface area contributed by atoms with Gasteiger partial charge in [-0.1, -0.05) is 37.3 Å². The quantitative estimate of drug-likeness (QED) is 0.733. The predicted molar refractivity (Wildman–Crippen MR) is 107 cm³/mol. The summed E-state index contributed by atoms with van der Waals surface area (Å²) in [6.45, 7) is 2.08. The molecule has 0 unspecified atom stereocenters. The summed E-state index contributed by atoms with van der Waals surface area (Å²) in [5.41, 5.74) is 0.423. The van der Waals surface area contributed by atoms with E-state index in [4.69, 9.17) is 4.74 Å². The van der Waals surface area contributed by atoms with Crippen molar-refractivity contribution in [3.8, 4) is 5.75 Å². The van der Waals surface area contributed by atoms with Crippen molar-refractivity contribution in [3.63, 3.8) is 0 Å². The average Bonchev–Trinajstić information content (AvgIpc) is 3.24. The fourth-order valence-corrected chi connectivity index (χ4v) is 4.34. The van der Waals surface area contributed by atoms with E-state index in [-0.39, 0.29) is 17.8 Å². The molecule has 0 bridgehead atoms. The van der Waals surface area contributed by atoms with Crippen molar-refractivity contribution < 1.29 is 13.9 Å². The second-order valence-corrected chi connectivity index (χ2v) is 8.22. The van der Waals surface area contributed by atoms with Crippen molar-refractivity contribution >= 4 is 5.91 Å². The minimum Gasteiger partial charge on any atom is -0.490 e. The molecule has 1 aliphatic carbocycles. The molecule has 1 amide bonds. The highest BCUT2D eigenvalue weighted by Gasteiger charge is 2.26. The molecule has 2 fully saturated rings. The van der Waals surface area contributed by atoms with Gasteiger partial charge in [-0.25, -0.2) is 4.39 Å². The molecule has 2 heterocycles. The van der Waals surface area contributed by atoms with Gasteiger partial charge in [-0.2, -0.15) is 0 Å². The van der Waals surface area contributed by atoms with Gasteiger partial charge >= 0.3 is 0 Å². The molecule has 2 aromatic rings. The third kappa shape index (κ3) is 5.34. The molecule has 4 rings (SSSR count). The third-order valence-electron chi connectivity index (χ3n) is 6.09. The maximum atomic E-state index is 13.0. The molecular weight excluding hydrogens is 371 g/mol. The Morgan fingerprint density at radius 3 is 2.52 bits per heavy atom. The summed E-state index contributed by atoms with van der Waals surface area (Å²) in [5.74, 6) is 1.11. The highest BCUT2D eigenvalue weighted by molar-refractivity contribution is 5.92. The van der Waals surface area contributed by atoms with Crippen molar-refractivity contribution in [1.29, 1.82) is 0 Å². The van der Waals surface area contributed by atoms with Gasteiger partial charge in [-0.3, -0.25) is 9.48 Å². The van der Waals surface area contributed by atoms with Crippen LogP contribution >= 0.6 is 0 Å². The Kier molecular flexibility index (Phi) is 6.42. The maximum Gasteiger partial charge on any atom is 0.276 e. The van der Waals surface area contributed by atoms with Gasteiger partial charge in [0.05, 0.1) is 6.20 Å². The first-order chi connectivity index (χ1) is 14.2. The highest BCUT2D eigenvalue weighted by atomic mass is 19.1. The number of rotatable bonds is 6. The standard InChI is InChI=1S/C22H29FN4O2/c23-18-6-8-19(9-7-18)29-20-11-13-26(14-12-20)22(28)21-16-27(25-24-21)15-10-17-4-2-1-3-5-17/h6-9,16-17,20H,1-5,10-15H2. The van der Waals surface area contributed by atoms with Crippen LogP contribution in [0.2, 0.25) is 0 Å². The first-order valence-corrected chi connectivity index (χ1v) is 10.8. The van der Waals surface area contributed by atoms with Crippen LogP contribution in [0.15, 0.2) is 30.5 Å². The smallest absolute Gasteiger partial charge is 0.276 e. The van der Waals surface area contributed by atoms with Gasteiger partial charge in [0.1, 0.15) is 17.7 Å². The normalized spacial score (nSPS) is 18.7. The molecule has 0 spiro atoms. The summed E-state index contributed by atoms with van der Waals surface area (Å²) in [6, 6.07) is 6.06. The van der Waals surface area contributed by atoms with Crippen LogP contribution in [-0.4, -0.2) is 45.0 Å². The Bertz CT molecular complexity index is 793. The van der Waals surface area contributed by atoms with Crippen LogP contribution in [0.4, 0.5) is 4.39 Å². The van der Waals surface area contributed by atoms with Crippen molar-refractivity contribution in [2.24, 2.45) is 5.92 Å². The zero-order chi connectivity index (χ0) is 20.1. The number of likely N-dealkylation sites (tertiary alicyclic amines) is 1. The van der Waals surface area contributed by atoms with Gasteiger partial charge in [0, 0.05) is 32.5 Å². The van der Waals surface area contributed by atoms with Crippen molar-refractivity contribution in [2.45, 2.75) is 64.0 Å². The molecule has 7 heteroatoms. The molecule has 0 radical (unpaired) electrons. The molecule has 0 atom stereocenters. The number of nitrogens with zero attached hydrogens (tertiary/aromatic N) is 4. The summed E-state index contributed by atoms with van der Waals surface area (Å²) in [7, 11) is 0. The molecule has 0 N–H and O–H groups in total. The fourth-order valence-electron chi connectivity index (χ4n) is 4.34. The van der Waals surface area contributed by atoms with Crippen LogP contribution in [0.5, 0.6) is 5.75 Å². The Morgan fingerprint density at radius 1 is 1.07 bits per heavy atom. The Balaban J connectivity index is 1.24. The van der Waals surface area contributed by atoms with E-state index in [1.54, 1.807) is 18.3 Å². The second kappa shape index (κ2) is 9.37. The Morgan fingerprint density at radius 2 is 1.79 bits per heavy atom. The van der Waals surface area contributed by atoms with E-state index in [0.717, 1.165) is 31.7 Å². The number of amides is 1. The van der Waals surface area contributed by atoms with Gasteiger partial charge < -0.3 is 9.64 Å². The van der Waals surface area contributed by atoms with E-state index in [9.17, 15) is 9.18 Å². The minimum atomic E-state index is -0.274. The van der Waals surface area contributed by atoms with Gasteiger partial charge in [0.15, 0.2) is 5.69 Å². The molecule has 1 aliphatic heterocycles. The number of hydrogen-bond donors (Lipinski definition) is 0. The predicted octanol–water partition coefficient (Wildman–Crippen LogP) is 4.07. The first-order valence-electron chi connectivity index (χ1n) is 10.8.